The minimum absolute atomic E-state index is 0.0221. The fourth-order valence-corrected chi connectivity index (χ4v) is 2.46. The first-order chi connectivity index (χ1) is 7.64. The minimum atomic E-state index is -3.34. The van der Waals surface area contributed by atoms with Crippen LogP contribution in [0.2, 0.25) is 0 Å². The van der Waals surface area contributed by atoms with E-state index in [0.717, 1.165) is 0 Å². The van der Waals surface area contributed by atoms with Gasteiger partial charge < -0.3 is 11.1 Å². The number of carbonyl (C=O) groups excluding carboxylic acids is 1. The highest BCUT2D eigenvalue weighted by molar-refractivity contribution is 7.92. The number of rotatable bonds is 7. The lowest BCUT2D eigenvalue weighted by Crippen LogP contribution is -2.40. The molecular formula is C11H24N2O3S. The second-order valence-corrected chi connectivity index (χ2v) is 7.14. The van der Waals surface area contributed by atoms with Crippen molar-refractivity contribution in [1.29, 1.82) is 0 Å². The molecule has 17 heavy (non-hydrogen) atoms. The van der Waals surface area contributed by atoms with Crippen LogP contribution in [0.1, 0.15) is 34.1 Å². The van der Waals surface area contributed by atoms with Crippen LogP contribution in [0.4, 0.5) is 0 Å². The average Bonchev–Trinajstić information content (AvgIpc) is 2.13. The fraction of sp³-hybridized carbons (Fsp3) is 0.909. The number of amides is 1. The van der Waals surface area contributed by atoms with E-state index >= 15 is 0 Å². The molecule has 0 radical (unpaired) electrons. The van der Waals surface area contributed by atoms with Gasteiger partial charge in [0.05, 0.1) is 5.75 Å². The molecule has 0 fully saturated rings. The lowest BCUT2D eigenvalue weighted by Gasteiger charge is -2.17. The zero-order valence-electron chi connectivity index (χ0n) is 11.1. The van der Waals surface area contributed by atoms with Crippen LogP contribution in [-0.2, 0) is 14.6 Å². The predicted octanol–water partition coefficient (Wildman–Crippen LogP) is 0.299. The van der Waals surface area contributed by atoms with Gasteiger partial charge in [0.2, 0.25) is 5.91 Å². The zero-order valence-corrected chi connectivity index (χ0v) is 11.9. The molecule has 0 rings (SSSR count). The van der Waals surface area contributed by atoms with E-state index in [1.807, 2.05) is 20.8 Å². The molecule has 6 heteroatoms. The van der Waals surface area contributed by atoms with Crippen molar-refractivity contribution < 1.29 is 13.2 Å². The number of sulfone groups is 1. The molecule has 0 aliphatic carbocycles. The normalized spacial score (nSPS) is 15.6. The molecular weight excluding hydrogens is 240 g/mol. The van der Waals surface area contributed by atoms with Gasteiger partial charge in [-0.25, -0.2) is 8.42 Å². The van der Waals surface area contributed by atoms with Gasteiger partial charge in [-0.3, -0.25) is 4.79 Å². The van der Waals surface area contributed by atoms with E-state index in [-0.39, 0.29) is 23.8 Å². The molecule has 1 amide bonds. The smallest absolute Gasteiger partial charge is 0.235 e. The number of hydrogen-bond acceptors (Lipinski definition) is 4. The van der Waals surface area contributed by atoms with Gasteiger partial charge in [0.1, 0.15) is 5.75 Å². The van der Waals surface area contributed by atoms with Gasteiger partial charge in [0, 0.05) is 12.1 Å². The zero-order chi connectivity index (χ0) is 13.6. The lowest BCUT2D eigenvalue weighted by molar-refractivity contribution is -0.119. The quantitative estimate of drug-likeness (QED) is 0.692. The third-order valence-corrected chi connectivity index (χ3v) is 4.18. The second-order valence-electron chi connectivity index (χ2n) is 4.96. The van der Waals surface area contributed by atoms with Gasteiger partial charge in [-0.2, -0.15) is 0 Å². The Labute approximate surface area is 104 Å². The van der Waals surface area contributed by atoms with Crippen LogP contribution in [-0.4, -0.2) is 37.9 Å². The van der Waals surface area contributed by atoms with Crippen LogP contribution in [0, 0.1) is 5.92 Å². The van der Waals surface area contributed by atoms with Gasteiger partial charge >= 0.3 is 0 Å². The van der Waals surface area contributed by atoms with Gasteiger partial charge in [-0.15, -0.1) is 0 Å². The average molecular weight is 264 g/mol. The third-order valence-electron chi connectivity index (χ3n) is 2.62. The molecule has 0 bridgehead atoms. The van der Waals surface area contributed by atoms with Crippen LogP contribution < -0.4 is 11.1 Å². The van der Waals surface area contributed by atoms with E-state index < -0.39 is 21.5 Å². The van der Waals surface area contributed by atoms with Gasteiger partial charge in [-0.1, -0.05) is 13.8 Å². The van der Waals surface area contributed by atoms with Crippen LogP contribution in [0.15, 0.2) is 0 Å². The monoisotopic (exact) mass is 264 g/mol. The van der Waals surface area contributed by atoms with Crippen LogP contribution >= 0.6 is 0 Å². The van der Waals surface area contributed by atoms with Gasteiger partial charge in [0.25, 0.3) is 0 Å². The summed E-state index contributed by atoms with van der Waals surface area (Å²) in [6, 6.07) is -0.187. The predicted molar refractivity (Wildman–Crippen MR) is 69.4 cm³/mol. The molecule has 0 spiro atoms. The lowest BCUT2D eigenvalue weighted by atomic mass is 10.1. The van der Waals surface area contributed by atoms with E-state index in [4.69, 9.17) is 5.73 Å². The van der Waals surface area contributed by atoms with E-state index in [1.165, 1.54) is 0 Å². The molecule has 0 heterocycles. The van der Waals surface area contributed by atoms with Crippen molar-refractivity contribution in [2.24, 2.45) is 11.7 Å². The first-order valence-electron chi connectivity index (χ1n) is 5.89. The maximum absolute atomic E-state index is 11.6. The maximum Gasteiger partial charge on any atom is 0.235 e. The summed E-state index contributed by atoms with van der Waals surface area (Å²) >= 11 is 0. The molecule has 0 aromatic carbocycles. The molecule has 0 aliphatic heterocycles. The Balaban J connectivity index is 4.19. The van der Waals surface area contributed by atoms with E-state index in [0.29, 0.717) is 6.42 Å². The molecule has 2 unspecified atom stereocenters. The van der Waals surface area contributed by atoms with Crippen molar-refractivity contribution >= 4 is 15.7 Å². The maximum atomic E-state index is 11.6. The summed E-state index contributed by atoms with van der Waals surface area (Å²) in [6.45, 7) is 7.54. The molecule has 0 saturated carbocycles. The van der Waals surface area contributed by atoms with Crippen molar-refractivity contribution in [2.45, 2.75) is 46.2 Å². The van der Waals surface area contributed by atoms with Crippen LogP contribution in [0.5, 0.6) is 0 Å². The number of carbonyl (C=O) groups is 1. The summed E-state index contributed by atoms with van der Waals surface area (Å²) in [4.78, 5) is 11.5. The van der Waals surface area contributed by atoms with Gasteiger partial charge in [-0.05, 0) is 26.2 Å². The van der Waals surface area contributed by atoms with E-state index in [1.54, 1.807) is 6.92 Å². The molecule has 0 aromatic heterocycles. The van der Waals surface area contributed by atoms with Crippen molar-refractivity contribution in [3.05, 3.63) is 0 Å². The topological polar surface area (TPSA) is 89.3 Å². The van der Waals surface area contributed by atoms with Crippen LogP contribution in [0.3, 0.4) is 0 Å². The Morgan fingerprint density at radius 2 is 1.76 bits per heavy atom. The molecule has 5 nitrogen and oxygen atoms in total. The highest BCUT2D eigenvalue weighted by Crippen LogP contribution is 2.01. The standard InChI is InChI=1S/C11H24N2O3S/c1-8(2)10(4)13-11(14)7-17(15,16)6-5-9(3)12/h8-10H,5-7,12H2,1-4H3,(H,13,14). The number of hydrogen-bond donors (Lipinski definition) is 2. The summed E-state index contributed by atoms with van der Waals surface area (Å²) < 4.78 is 23.2. The summed E-state index contributed by atoms with van der Waals surface area (Å²) in [7, 11) is -3.34. The summed E-state index contributed by atoms with van der Waals surface area (Å²) in [5.41, 5.74) is 5.49. The Morgan fingerprint density at radius 1 is 1.24 bits per heavy atom. The summed E-state index contributed by atoms with van der Waals surface area (Å²) in [6.07, 6.45) is 0.384. The highest BCUT2D eigenvalue weighted by atomic mass is 32.2. The van der Waals surface area contributed by atoms with E-state index in [9.17, 15) is 13.2 Å². The Morgan fingerprint density at radius 3 is 2.18 bits per heavy atom. The molecule has 3 N–H and O–H groups in total. The van der Waals surface area contributed by atoms with Crippen LogP contribution in [0.25, 0.3) is 0 Å². The van der Waals surface area contributed by atoms with E-state index in [2.05, 4.69) is 5.32 Å². The minimum Gasteiger partial charge on any atom is -0.353 e. The molecule has 102 valence electrons. The van der Waals surface area contributed by atoms with Crippen molar-refractivity contribution in [3.8, 4) is 0 Å². The van der Waals surface area contributed by atoms with Crippen molar-refractivity contribution in [3.63, 3.8) is 0 Å². The summed E-state index contributed by atoms with van der Waals surface area (Å²) in [5, 5.41) is 2.67. The first kappa shape index (κ1) is 16.4. The van der Waals surface area contributed by atoms with Gasteiger partial charge in [0.15, 0.2) is 9.84 Å². The van der Waals surface area contributed by atoms with Crippen molar-refractivity contribution in [2.75, 3.05) is 11.5 Å². The highest BCUT2D eigenvalue weighted by Gasteiger charge is 2.19. The first-order valence-corrected chi connectivity index (χ1v) is 7.71. The second kappa shape index (κ2) is 6.96. The number of nitrogens with two attached hydrogens (primary N) is 1. The Hall–Kier alpha value is -0.620. The Bertz CT molecular complexity index is 337. The Kier molecular flexibility index (Phi) is 6.70. The molecule has 0 aromatic rings. The SMILES string of the molecule is CC(N)CCS(=O)(=O)CC(=O)NC(C)C(C)C. The number of nitrogens with one attached hydrogen (secondary N) is 1. The van der Waals surface area contributed by atoms with Crippen molar-refractivity contribution in [1.82, 2.24) is 5.32 Å². The summed E-state index contributed by atoms with van der Waals surface area (Å²) in [5.74, 6) is -0.633. The molecule has 0 aliphatic rings. The molecule has 2 atom stereocenters. The third kappa shape index (κ3) is 8.15. The largest absolute Gasteiger partial charge is 0.353 e. The fourth-order valence-electron chi connectivity index (χ4n) is 1.10. The molecule has 0 saturated heterocycles.